The van der Waals surface area contributed by atoms with Crippen LogP contribution >= 0.6 is 0 Å². The zero-order chi connectivity index (χ0) is 18.8. The average Bonchev–Trinajstić information content (AvgIpc) is 3.29. The molecule has 7 nitrogen and oxygen atoms in total. The Morgan fingerprint density at radius 2 is 1.81 bits per heavy atom. The van der Waals surface area contributed by atoms with Crippen molar-refractivity contribution >= 4 is 11.4 Å². The van der Waals surface area contributed by atoms with Gasteiger partial charge in [-0.3, -0.25) is 9.20 Å². The number of carbonyl (C=O) groups excluding carboxylic acids is 1. The quantitative estimate of drug-likeness (QED) is 0.582. The number of Topliss-reactive ketones (excluding diaryl/α,β-unsaturated/α-hetero) is 1. The maximum atomic E-state index is 12.5. The molecule has 4 rings (SSSR count). The molecule has 0 atom stereocenters. The fraction of sp³-hybridized carbons (Fsp3) is 0.550. The van der Waals surface area contributed by atoms with E-state index >= 15 is 0 Å². The molecule has 3 aromatic rings. The van der Waals surface area contributed by atoms with E-state index in [2.05, 4.69) is 38.8 Å². The number of rotatable bonds is 9. The van der Waals surface area contributed by atoms with Crippen LogP contribution in [0.2, 0.25) is 0 Å². The third-order valence-corrected chi connectivity index (χ3v) is 5.06. The molecular formula is C20H26N6O. The molecule has 1 fully saturated rings. The third kappa shape index (κ3) is 4.07. The molecule has 0 N–H and O–H groups in total. The van der Waals surface area contributed by atoms with E-state index in [1.807, 2.05) is 28.8 Å². The molecule has 27 heavy (non-hydrogen) atoms. The molecule has 1 aliphatic rings. The van der Waals surface area contributed by atoms with Gasteiger partial charge in [0.2, 0.25) is 0 Å². The lowest BCUT2D eigenvalue weighted by Crippen LogP contribution is -2.11. The SMILES string of the molecule is CC(C)CCc1nnc(CCC(=O)Cc2nnc3ccccn23)n1C1CC1. The van der Waals surface area contributed by atoms with Crippen LogP contribution in [0, 0.1) is 5.92 Å². The maximum Gasteiger partial charge on any atom is 0.160 e. The summed E-state index contributed by atoms with van der Waals surface area (Å²) in [5.74, 6) is 3.53. The predicted octanol–water partition coefficient (Wildman–Crippen LogP) is 2.99. The number of fused-ring (bicyclic) bond motifs is 1. The fourth-order valence-corrected chi connectivity index (χ4v) is 3.40. The highest BCUT2D eigenvalue weighted by Gasteiger charge is 2.29. The van der Waals surface area contributed by atoms with E-state index < -0.39 is 0 Å². The normalized spacial score (nSPS) is 14.3. The summed E-state index contributed by atoms with van der Waals surface area (Å²) in [6.07, 6.45) is 7.74. The second-order valence-corrected chi connectivity index (χ2v) is 7.83. The van der Waals surface area contributed by atoms with Crippen molar-refractivity contribution in [3.8, 4) is 0 Å². The van der Waals surface area contributed by atoms with Gasteiger partial charge in [-0.25, -0.2) is 0 Å². The van der Waals surface area contributed by atoms with Gasteiger partial charge in [0.05, 0.1) is 6.42 Å². The van der Waals surface area contributed by atoms with Crippen LogP contribution in [0.3, 0.4) is 0 Å². The lowest BCUT2D eigenvalue weighted by atomic mass is 10.1. The van der Waals surface area contributed by atoms with Crippen LogP contribution in [-0.2, 0) is 24.1 Å². The van der Waals surface area contributed by atoms with E-state index in [1.54, 1.807) is 0 Å². The zero-order valence-electron chi connectivity index (χ0n) is 16.0. The smallest absolute Gasteiger partial charge is 0.160 e. The summed E-state index contributed by atoms with van der Waals surface area (Å²) in [6, 6.07) is 6.25. The predicted molar refractivity (Wildman–Crippen MR) is 101 cm³/mol. The molecule has 0 aromatic carbocycles. The third-order valence-electron chi connectivity index (χ3n) is 5.06. The summed E-state index contributed by atoms with van der Waals surface area (Å²) in [5, 5.41) is 17.1. The molecule has 1 saturated carbocycles. The molecule has 0 amide bonds. The van der Waals surface area contributed by atoms with Crippen LogP contribution in [0.1, 0.15) is 63.0 Å². The van der Waals surface area contributed by atoms with Crippen molar-refractivity contribution < 1.29 is 4.79 Å². The summed E-state index contributed by atoms with van der Waals surface area (Å²) in [6.45, 7) is 4.46. The van der Waals surface area contributed by atoms with Crippen LogP contribution in [0.15, 0.2) is 24.4 Å². The van der Waals surface area contributed by atoms with Gasteiger partial charge in [-0.2, -0.15) is 0 Å². The molecule has 0 saturated heterocycles. The topological polar surface area (TPSA) is 78.0 Å². The number of nitrogens with zero attached hydrogens (tertiary/aromatic N) is 6. The maximum absolute atomic E-state index is 12.5. The first-order valence-electron chi connectivity index (χ1n) is 9.85. The van der Waals surface area contributed by atoms with Crippen LogP contribution in [0.5, 0.6) is 0 Å². The van der Waals surface area contributed by atoms with Crippen molar-refractivity contribution in [2.45, 2.75) is 64.8 Å². The Balaban J connectivity index is 1.40. The number of hydrogen-bond donors (Lipinski definition) is 0. The summed E-state index contributed by atoms with van der Waals surface area (Å²) in [7, 11) is 0. The van der Waals surface area contributed by atoms with Gasteiger partial charge in [0, 0.05) is 31.5 Å². The Morgan fingerprint density at radius 1 is 1.07 bits per heavy atom. The molecule has 7 heteroatoms. The number of carbonyl (C=O) groups is 1. The van der Waals surface area contributed by atoms with E-state index in [0.29, 0.717) is 37.0 Å². The average molecular weight is 366 g/mol. The van der Waals surface area contributed by atoms with Gasteiger partial charge in [0.25, 0.3) is 0 Å². The Labute approximate surface area is 158 Å². The van der Waals surface area contributed by atoms with Crippen molar-refractivity contribution in [2.24, 2.45) is 5.92 Å². The van der Waals surface area contributed by atoms with Gasteiger partial charge in [-0.1, -0.05) is 19.9 Å². The molecule has 0 unspecified atom stereocenters. The van der Waals surface area contributed by atoms with Gasteiger partial charge >= 0.3 is 0 Å². The summed E-state index contributed by atoms with van der Waals surface area (Å²) in [5.41, 5.74) is 0.767. The Hall–Kier alpha value is -2.57. The first-order chi connectivity index (χ1) is 13.1. The molecule has 0 aliphatic heterocycles. The second kappa shape index (κ2) is 7.58. The summed E-state index contributed by atoms with van der Waals surface area (Å²) < 4.78 is 4.16. The lowest BCUT2D eigenvalue weighted by molar-refractivity contribution is -0.118. The van der Waals surface area contributed by atoms with Crippen molar-refractivity contribution in [2.75, 3.05) is 0 Å². The Kier molecular flexibility index (Phi) is 5.01. The molecule has 0 bridgehead atoms. The van der Waals surface area contributed by atoms with E-state index in [9.17, 15) is 4.79 Å². The first-order valence-corrected chi connectivity index (χ1v) is 9.85. The fourth-order valence-electron chi connectivity index (χ4n) is 3.40. The van der Waals surface area contributed by atoms with Crippen LogP contribution in [0.25, 0.3) is 5.65 Å². The minimum absolute atomic E-state index is 0.155. The minimum Gasteiger partial charge on any atom is -0.312 e. The van der Waals surface area contributed by atoms with Gasteiger partial charge in [-0.15, -0.1) is 20.4 Å². The number of aryl methyl sites for hydroxylation is 2. The van der Waals surface area contributed by atoms with Crippen molar-refractivity contribution in [3.05, 3.63) is 41.9 Å². The number of hydrogen-bond acceptors (Lipinski definition) is 5. The van der Waals surface area contributed by atoms with E-state index in [0.717, 1.165) is 30.1 Å². The highest BCUT2D eigenvalue weighted by molar-refractivity contribution is 5.80. The summed E-state index contributed by atoms with van der Waals surface area (Å²) in [4.78, 5) is 12.5. The van der Waals surface area contributed by atoms with Gasteiger partial charge in [0.1, 0.15) is 23.3 Å². The van der Waals surface area contributed by atoms with Gasteiger partial charge < -0.3 is 4.57 Å². The van der Waals surface area contributed by atoms with Crippen molar-refractivity contribution in [3.63, 3.8) is 0 Å². The Bertz CT molecular complexity index is 937. The highest BCUT2D eigenvalue weighted by Crippen LogP contribution is 2.37. The standard InChI is InChI=1S/C20H26N6O/c1-14(2)6-10-18-22-23-19(26(18)15-7-8-15)11-9-16(27)13-20-24-21-17-5-3-4-12-25(17)20/h3-5,12,14-15H,6-11,13H2,1-2H3. The van der Waals surface area contributed by atoms with Gasteiger partial charge in [0.15, 0.2) is 5.65 Å². The molecular weight excluding hydrogens is 340 g/mol. The summed E-state index contributed by atoms with van der Waals surface area (Å²) >= 11 is 0. The van der Waals surface area contributed by atoms with E-state index in [4.69, 9.17) is 0 Å². The van der Waals surface area contributed by atoms with E-state index in [1.165, 1.54) is 12.8 Å². The monoisotopic (exact) mass is 366 g/mol. The van der Waals surface area contributed by atoms with Crippen molar-refractivity contribution in [1.82, 2.24) is 29.4 Å². The van der Waals surface area contributed by atoms with E-state index in [-0.39, 0.29) is 5.78 Å². The molecule has 0 radical (unpaired) electrons. The lowest BCUT2D eigenvalue weighted by Gasteiger charge is -2.10. The van der Waals surface area contributed by atoms with Crippen molar-refractivity contribution in [1.29, 1.82) is 0 Å². The van der Waals surface area contributed by atoms with Crippen LogP contribution < -0.4 is 0 Å². The van der Waals surface area contributed by atoms with Crippen LogP contribution in [0.4, 0.5) is 0 Å². The number of ketones is 1. The second-order valence-electron chi connectivity index (χ2n) is 7.83. The molecule has 142 valence electrons. The zero-order valence-corrected chi connectivity index (χ0v) is 16.0. The minimum atomic E-state index is 0.155. The Morgan fingerprint density at radius 3 is 2.56 bits per heavy atom. The molecule has 3 aromatic heterocycles. The molecule has 3 heterocycles. The highest BCUT2D eigenvalue weighted by atomic mass is 16.1. The molecule has 1 aliphatic carbocycles. The van der Waals surface area contributed by atoms with Crippen LogP contribution in [-0.4, -0.2) is 35.1 Å². The largest absolute Gasteiger partial charge is 0.312 e. The first kappa shape index (κ1) is 17.8. The molecule has 0 spiro atoms. The number of pyridine rings is 1. The van der Waals surface area contributed by atoms with Gasteiger partial charge in [-0.05, 0) is 37.3 Å². The number of aromatic nitrogens is 6.